The van der Waals surface area contributed by atoms with E-state index in [0.29, 0.717) is 19.6 Å². The second-order valence-electron chi connectivity index (χ2n) is 7.70. The number of fused-ring (bicyclic) bond motifs is 1. The fraction of sp³-hybridized carbons (Fsp3) is 0.524. The minimum absolute atomic E-state index is 0. The lowest BCUT2D eigenvalue weighted by Gasteiger charge is -2.32. The third-order valence-corrected chi connectivity index (χ3v) is 7.35. The van der Waals surface area contributed by atoms with E-state index in [1.807, 2.05) is 37.2 Å². The van der Waals surface area contributed by atoms with Gasteiger partial charge in [0, 0.05) is 52.2 Å². The minimum Gasteiger partial charge on any atom is -0.363 e. The number of hydrogen-bond acceptors (Lipinski definition) is 5. The molecule has 1 aliphatic heterocycles. The standard InChI is InChI=1S/C21H32N6O2S.HI/c1-5-30(28,29)27-12-10-17(11-13-27)24-21(22-2)23-15-16-14-20(26(3)4)25-19-9-7-6-8-18(16)19;/h6-9,14,17H,5,10-13,15H2,1-4H3,(H2,22,23,24);1H. The zero-order valence-corrected chi connectivity index (χ0v) is 21.8. The number of pyridine rings is 1. The fourth-order valence-electron chi connectivity index (χ4n) is 3.64. The number of nitrogens with zero attached hydrogens (tertiary/aromatic N) is 4. The number of guanidine groups is 1. The molecule has 10 heteroatoms. The van der Waals surface area contributed by atoms with Gasteiger partial charge in [0.1, 0.15) is 5.82 Å². The Balaban J connectivity index is 0.00000341. The molecular formula is C21H33IN6O2S. The summed E-state index contributed by atoms with van der Waals surface area (Å²) in [5, 5.41) is 7.96. The predicted molar refractivity (Wildman–Crippen MR) is 139 cm³/mol. The molecule has 1 aromatic carbocycles. The predicted octanol–water partition coefficient (Wildman–Crippen LogP) is 2.40. The van der Waals surface area contributed by atoms with E-state index in [1.165, 1.54) is 0 Å². The molecule has 8 nitrogen and oxygen atoms in total. The van der Waals surface area contributed by atoms with Crippen molar-refractivity contribution in [3.8, 4) is 0 Å². The van der Waals surface area contributed by atoms with Crippen LogP contribution in [0.15, 0.2) is 35.3 Å². The third-order valence-electron chi connectivity index (χ3n) is 5.47. The van der Waals surface area contributed by atoms with Gasteiger partial charge in [-0.2, -0.15) is 0 Å². The largest absolute Gasteiger partial charge is 0.363 e. The van der Waals surface area contributed by atoms with Crippen LogP contribution in [0.4, 0.5) is 5.82 Å². The lowest BCUT2D eigenvalue weighted by molar-refractivity contribution is 0.306. The molecule has 0 aliphatic carbocycles. The second-order valence-corrected chi connectivity index (χ2v) is 9.95. The van der Waals surface area contributed by atoms with Crippen molar-refractivity contribution in [3.05, 3.63) is 35.9 Å². The molecule has 31 heavy (non-hydrogen) atoms. The van der Waals surface area contributed by atoms with Crippen molar-refractivity contribution < 1.29 is 8.42 Å². The summed E-state index contributed by atoms with van der Waals surface area (Å²) >= 11 is 0. The van der Waals surface area contributed by atoms with Gasteiger partial charge in [0.05, 0.1) is 11.3 Å². The molecule has 2 aromatic rings. The maximum Gasteiger partial charge on any atom is 0.213 e. The highest BCUT2D eigenvalue weighted by Crippen LogP contribution is 2.22. The van der Waals surface area contributed by atoms with Gasteiger partial charge in [0.25, 0.3) is 0 Å². The van der Waals surface area contributed by atoms with Crippen LogP contribution in [0.1, 0.15) is 25.3 Å². The normalized spacial score (nSPS) is 16.1. The average Bonchev–Trinajstić information content (AvgIpc) is 2.76. The lowest BCUT2D eigenvalue weighted by Crippen LogP contribution is -2.49. The summed E-state index contributed by atoms with van der Waals surface area (Å²) < 4.78 is 25.7. The molecule has 0 unspecified atom stereocenters. The molecule has 1 aromatic heterocycles. The van der Waals surface area contributed by atoms with Crippen LogP contribution in [0, 0.1) is 0 Å². The van der Waals surface area contributed by atoms with Crippen LogP contribution in [0.3, 0.4) is 0 Å². The van der Waals surface area contributed by atoms with Crippen LogP contribution in [0.5, 0.6) is 0 Å². The Morgan fingerprint density at radius 1 is 1.26 bits per heavy atom. The van der Waals surface area contributed by atoms with Crippen molar-refractivity contribution >= 4 is 56.7 Å². The molecule has 172 valence electrons. The van der Waals surface area contributed by atoms with E-state index in [9.17, 15) is 8.42 Å². The van der Waals surface area contributed by atoms with Gasteiger partial charge in [-0.25, -0.2) is 17.7 Å². The number of rotatable bonds is 6. The molecule has 0 atom stereocenters. The Hall–Kier alpha value is -1.66. The highest BCUT2D eigenvalue weighted by Gasteiger charge is 2.27. The average molecular weight is 561 g/mol. The summed E-state index contributed by atoms with van der Waals surface area (Å²) in [5.74, 6) is 1.79. The zero-order valence-electron chi connectivity index (χ0n) is 18.6. The number of nitrogens with one attached hydrogen (secondary N) is 2. The first kappa shape index (κ1) is 25.6. The number of aliphatic imine (C=N–C) groups is 1. The topological polar surface area (TPSA) is 89.9 Å². The van der Waals surface area contributed by atoms with E-state index in [1.54, 1.807) is 18.3 Å². The molecule has 2 heterocycles. The van der Waals surface area contributed by atoms with Gasteiger partial charge in [-0.05, 0) is 37.5 Å². The maximum atomic E-state index is 12.0. The Kier molecular flexibility index (Phi) is 9.31. The highest BCUT2D eigenvalue weighted by atomic mass is 127. The molecule has 0 spiro atoms. The summed E-state index contributed by atoms with van der Waals surface area (Å²) in [6, 6.07) is 10.4. The zero-order chi connectivity index (χ0) is 21.7. The van der Waals surface area contributed by atoms with Crippen LogP contribution in [-0.4, -0.2) is 69.7 Å². The molecule has 1 fully saturated rings. The van der Waals surface area contributed by atoms with E-state index < -0.39 is 10.0 Å². The summed E-state index contributed by atoms with van der Waals surface area (Å²) in [4.78, 5) is 11.1. The number of anilines is 1. The third kappa shape index (κ3) is 6.42. The van der Waals surface area contributed by atoms with Gasteiger partial charge in [-0.3, -0.25) is 4.99 Å². The fourth-order valence-corrected chi connectivity index (χ4v) is 4.77. The van der Waals surface area contributed by atoms with Gasteiger partial charge in [-0.15, -0.1) is 24.0 Å². The number of aromatic nitrogens is 1. The first-order valence-electron chi connectivity index (χ1n) is 10.3. The van der Waals surface area contributed by atoms with E-state index >= 15 is 0 Å². The van der Waals surface area contributed by atoms with Crippen LogP contribution in [0.2, 0.25) is 0 Å². The molecule has 0 bridgehead atoms. The Morgan fingerprint density at radius 2 is 1.94 bits per heavy atom. The SMILES string of the molecule is CCS(=O)(=O)N1CCC(NC(=NC)NCc2cc(N(C)C)nc3ccccc23)CC1.I. The van der Waals surface area contributed by atoms with E-state index in [4.69, 9.17) is 4.98 Å². The van der Waals surface area contributed by atoms with Gasteiger partial charge >= 0.3 is 0 Å². The van der Waals surface area contributed by atoms with Crippen LogP contribution in [-0.2, 0) is 16.6 Å². The number of piperidine rings is 1. The summed E-state index contributed by atoms with van der Waals surface area (Å²) in [6.45, 7) is 3.40. The lowest BCUT2D eigenvalue weighted by atomic mass is 10.1. The summed E-state index contributed by atoms with van der Waals surface area (Å²) in [7, 11) is 2.62. The Labute approximate surface area is 202 Å². The monoisotopic (exact) mass is 560 g/mol. The number of benzene rings is 1. The number of para-hydroxylation sites is 1. The Bertz CT molecular complexity index is 1000. The van der Waals surface area contributed by atoms with Gasteiger partial charge in [-0.1, -0.05) is 18.2 Å². The molecule has 3 rings (SSSR count). The van der Waals surface area contributed by atoms with Crippen molar-refractivity contribution in [1.29, 1.82) is 0 Å². The van der Waals surface area contributed by atoms with Gasteiger partial charge in [0.2, 0.25) is 10.0 Å². The number of halogens is 1. The molecular weight excluding hydrogens is 527 g/mol. The van der Waals surface area contributed by atoms with Crippen LogP contribution in [0.25, 0.3) is 10.9 Å². The molecule has 0 amide bonds. The molecule has 1 saturated heterocycles. The molecule has 2 N–H and O–H groups in total. The number of sulfonamides is 1. The number of hydrogen-bond donors (Lipinski definition) is 2. The second kappa shape index (κ2) is 11.3. The molecule has 0 radical (unpaired) electrons. The van der Waals surface area contributed by atoms with Crippen molar-refractivity contribution in [3.63, 3.8) is 0 Å². The van der Waals surface area contributed by atoms with Crippen LogP contribution >= 0.6 is 24.0 Å². The van der Waals surface area contributed by atoms with E-state index in [-0.39, 0.29) is 35.8 Å². The van der Waals surface area contributed by atoms with Gasteiger partial charge in [0.15, 0.2) is 5.96 Å². The van der Waals surface area contributed by atoms with Crippen molar-refractivity contribution in [2.45, 2.75) is 32.4 Å². The van der Waals surface area contributed by atoms with Crippen molar-refractivity contribution in [2.75, 3.05) is 44.9 Å². The smallest absolute Gasteiger partial charge is 0.213 e. The molecule has 0 saturated carbocycles. The van der Waals surface area contributed by atoms with E-state index in [2.05, 4.69) is 27.8 Å². The van der Waals surface area contributed by atoms with Crippen molar-refractivity contribution in [1.82, 2.24) is 19.9 Å². The minimum atomic E-state index is -3.11. The summed E-state index contributed by atoms with van der Waals surface area (Å²) in [5.41, 5.74) is 2.11. The first-order valence-corrected chi connectivity index (χ1v) is 12.0. The van der Waals surface area contributed by atoms with Gasteiger partial charge < -0.3 is 15.5 Å². The summed E-state index contributed by atoms with van der Waals surface area (Å²) in [6.07, 6.45) is 1.53. The van der Waals surface area contributed by atoms with Crippen molar-refractivity contribution in [2.24, 2.45) is 4.99 Å². The maximum absolute atomic E-state index is 12.0. The first-order chi connectivity index (χ1) is 14.3. The van der Waals surface area contributed by atoms with E-state index in [0.717, 1.165) is 41.1 Å². The quantitative estimate of drug-likeness (QED) is 0.321. The highest BCUT2D eigenvalue weighted by molar-refractivity contribution is 14.0. The molecule has 1 aliphatic rings. The van der Waals surface area contributed by atoms with Crippen LogP contribution < -0.4 is 15.5 Å². The Morgan fingerprint density at radius 3 is 2.55 bits per heavy atom.